The molecule has 0 amide bonds. The molecule has 1 unspecified atom stereocenters. The van der Waals surface area contributed by atoms with Crippen molar-refractivity contribution in [2.45, 2.75) is 32.6 Å². The Hall–Kier alpha value is -1.02. The molecule has 1 aliphatic heterocycles. The van der Waals surface area contributed by atoms with Gasteiger partial charge in [-0.3, -0.25) is 0 Å². The summed E-state index contributed by atoms with van der Waals surface area (Å²) in [7, 11) is 0. The lowest BCUT2D eigenvalue weighted by Gasteiger charge is -2.20. The summed E-state index contributed by atoms with van der Waals surface area (Å²) < 4.78 is 0. The van der Waals surface area contributed by atoms with E-state index < -0.39 is 0 Å². The molecule has 1 aromatic rings. The first-order chi connectivity index (χ1) is 8.88. The molecule has 1 heterocycles. The van der Waals surface area contributed by atoms with Crippen LogP contribution in [0.25, 0.3) is 0 Å². The van der Waals surface area contributed by atoms with Crippen LogP contribution in [0.2, 0.25) is 0 Å². The average Bonchev–Trinajstić information content (AvgIpc) is 2.65. The van der Waals surface area contributed by atoms with Gasteiger partial charge in [-0.15, -0.1) is 0 Å². The summed E-state index contributed by atoms with van der Waals surface area (Å²) in [4.78, 5) is 2.62. The number of likely N-dealkylation sites (tertiary alicyclic amines) is 1. The quantitative estimate of drug-likeness (QED) is 0.854. The topological polar surface area (TPSA) is 15.3 Å². The van der Waals surface area contributed by atoms with Crippen LogP contribution >= 0.6 is 0 Å². The zero-order chi connectivity index (χ0) is 12.6. The van der Waals surface area contributed by atoms with Gasteiger partial charge in [-0.25, -0.2) is 0 Å². The van der Waals surface area contributed by atoms with Crippen LogP contribution in [-0.2, 0) is 0 Å². The second kappa shape index (κ2) is 7.42. The molecule has 1 N–H and O–H groups in total. The summed E-state index contributed by atoms with van der Waals surface area (Å²) >= 11 is 0. The second-order valence-corrected chi connectivity index (χ2v) is 5.34. The normalized spacial score (nSPS) is 21.5. The number of nitrogens with zero attached hydrogens (tertiary/aromatic N) is 1. The molecular formula is C16H26N2. The number of anilines is 1. The van der Waals surface area contributed by atoms with Crippen molar-refractivity contribution >= 4 is 5.69 Å². The summed E-state index contributed by atoms with van der Waals surface area (Å²) in [6.45, 7) is 7.13. The van der Waals surface area contributed by atoms with Crippen LogP contribution in [0.4, 0.5) is 5.69 Å². The molecule has 0 radical (unpaired) electrons. The summed E-state index contributed by atoms with van der Waals surface area (Å²) in [6.07, 6.45) is 5.56. The fourth-order valence-electron chi connectivity index (χ4n) is 2.77. The zero-order valence-corrected chi connectivity index (χ0v) is 11.6. The van der Waals surface area contributed by atoms with Gasteiger partial charge in [-0.2, -0.15) is 0 Å². The van der Waals surface area contributed by atoms with Crippen molar-refractivity contribution < 1.29 is 0 Å². The van der Waals surface area contributed by atoms with E-state index in [2.05, 4.69) is 47.5 Å². The summed E-state index contributed by atoms with van der Waals surface area (Å²) in [5.74, 6) is 0.970. The van der Waals surface area contributed by atoms with Crippen LogP contribution in [0.5, 0.6) is 0 Å². The highest BCUT2D eigenvalue weighted by atomic mass is 15.1. The molecule has 0 aliphatic carbocycles. The number of para-hydroxylation sites is 1. The zero-order valence-electron chi connectivity index (χ0n) is 11.6. The Bertz CT molecular complexity index is 323. The molecule has 18 heavy (non-hydrogen) atoms. The molecule has 1 aliphatic rings. The summed E-state index contributed by atoms with van der Waals surface area (Å²) in [6, 6.07) is 10.5. The van der Waals surface area contributed by atoms with E-state index in [-0.39, 0.29) is 0 Å². The van der Waals surface area contributed by atoms with Gasteiger partial charge in [-0.05, 0) is 50.4 Å². The molecule has 1 fully saturated rings. The molecule has 2 nitrogen and oxygen atoms in total. The predicted molar refractivity (Wildman–Crippen MR) is 79.0 cm³/mol. The second-order valence-electron chi connectivity index (χ2n) is 5.34. The largest absolute Gasteiger partial charge is 0.384 e. The van der Waals surface area contributed by atoms with E-state index in [4.69, 9.17) is 0 Å². The van der Waals surface area contributed by atoms with Crippen molar-refractivity contribution in [2.24, 2.45) is 5.92 Å². The molecule has 0 saturated carbocycles. The maximum atomic E-state index is 3.50. The highest BCUT2D eigenvalue weighted by molar-refractivity contribution is 5.42. The minimum absolute atomic E-state index is 0.970. The third-order valence-corrected chi connectivity index (χ3v) is 4.05. The first-order valence-corrected chi connectivity index (χ1v) is 7.39. The molecule has 0 spiro atoms. The van der Waals surface area contributed by atoms with Crippen LogP contribution in [0, 0.1) is 5.92 Å². The third-order valence-electron chi connectivity index (χ3n) is 4.05. The first-order valence-electron chi connectivity index (χ1n) is 7.39. The lowest BCUT2D eigenvalue weighted by Crippen LogP contribution is -2.30. The SMILES string of the molecule is CCC1CCCN(CCNc2ccccc2)CC1. The van der Waals surface area contributed by atoms with Crippen molar-refractivity contribution in [2.75, 3.05) is 31.5 Å². The number of hydrogen-bond donors (Lipinski definition) is 1. The standard InChI is InChI=1S/C16H26N2/c1-2-15-7-6-12-18(13-10-15)14-11-17-16-8-4-3-5-9-16/h3-5,8-9,15,17H,2,6-7,10-14H2,1H3. The van der Waals surface area contributed by atoms with Crippen molar-refractivity contribution in [3.8, 4) is 0 Å². The summed E-state index contributed by atoms with van der Waals surface area (Å²) in [5.41, 5.74) is 1.23. The highest BCUT2D eigenvalue weighted by Gasteiger charge is 2.14. The molecule has 2 heteroatoms. The van der Waals surface area contributed by atoms with E-state index in [0.717, 1.165) is 12.5 Å². The maximum Gasteiger partial charge on any atom is 0.0340 e. The number of hydrogen-bond acceptors (Lipinski definition) is 2. The predicted octanol–water partition coefficient (Wildman–Crippen LogP) is 3.61. The van der Waals surface area contributed by atoms with E-state index in [9.17, 15) is 0 Å². The number of rotatable bonds is 5. The minimum Gasteiger partial charge on any atom is -0.384 e. The van der Waals surface area contributed by atoms with Gasteiger partial charge in [0.25, 0.3) is 0 Å². The first kappa shape index (κ1) is 13.4. The lowest BCUT2D eigenvalue weighted by molar-refractivity contribution is 0.290. The van der Waals surface area contributed by atoms with Gasteiger partial charge in [-0.1, -0.05) is 31.5 Å². The molecule has 1 atom stereocenters. The Morgan fingerprint density at radius 3 is 2.78 bits per heavy atom. The number of benzene rings is 1. The molecule has 1 aromatic carbocycles. The Balaban J connectivity index is 1.67. The van der Waals surface area contributed by atoms with Gasteiger partial charge in [0.05, 0.1) is 0 Å². The van der Waals surface area contributed by atoms with Crippen LogP contribution in [0.1, 0.15) is 32.6 Å². The van der Waals surface area contributed by atoms with E-state index in [1.165, 1.54) is 51.0 Å². The van der Waals surface area contributed by atoms with Gasteiger partial charge in [0.1, 0.15) is 0 Å². The van der Waals surface area contributed by atoms with E-state index in [0.29, 0.717) is 0 Å². The van der Waals surface area contributed by atoms with Gasteiger partial charge in [0.15, 0.2) is 0 Å². The fraction of sp³-hybridized carbons (Fsp3) is 0.625. The van der Waals surface area contributed by atoms with Crippen LogP contribution < -0.4 is 5.32 Å². The Kier molecular flexibility index (Phi) is 5.53. The van der Waals surface area contributed by atoms with Gasteiger partial charge < -0.3 is 10.2 Å². The lowest BCUT2D eigenvalue weighted by atomic mass is 9.98. The minimum atomic E-state index is 0.970. The summed E-state index contributed by atoms with van der Waals surface area (Å²) in [5, 5.41) is 3.50. The third kappa shape index (κ3) is 4.34. The smallest absolute Gasteiger partial charge is 0.0340 e. The Morgan fingerprint density at radius 1 is 1.17 bits per heavy atom. The average molecular weight is 246 g/mol. The van der Waals surface area contributed by atoms with Crippen LogP contribution in [-0.4, -0.2) is 31.1 Å². The van der Waals surface area contributed by atoms with Crippen molar-refractivity contribution in [1.82, 2.24) is 4.90 Å². The molecule has 100 valence electrons. The van der Waals surface area contributed by atoms with Gasteiger partial charge in [0, 0.05) is 18.8 Å². The maximum absolute atomic E-state index is 3.50. The molecular weight excluding hydrogens is 220 g/mol. The van der Waals surface area contributed by atoms with Crippen molar-refractivity contribution in [1.29, 1.82) is 0 Å². The van der Waals surface area contributed by atoms with E-state index >= 15 is 0 Å². The van der Waals surface area contributed by atoms with E-state index in [1.807, 2.05) is 0 Å². The molecule has 0 aromatic heterocycles. The van der Waals surface area contributed by atoms with Crippen molar-refractivity contribution in [3.05, 3.63) is 30.3 Å². The molecule has 1 saturated heterocycles. The van der Waals surface area contributed by atoms with Crippen molar-refractivity contribution in [3.63, 3.8) is 0 Å². The highest BCUT2D eigenvalue weighted by Crippen LogP contribution is 2.19. The Labute approximate surface area is 111 Å². The number of nitrogens with one attached hydrogen (secondary N) is 1. The van der Waals surface area contributed by atoms with Crippen LogP contribution in [0.15, 0.2) is 30.3 Å². The van der Waals surface area contributed by atoms with E-state index in [1.54, 1.807) is 0 Å². The fourth-order valence-corrected chi connectivity index (χ4v) is 2.77. The molecule has 2 rings (SSSR count). The van der Waals surface area contributed by atoms with Gasteiger partial charge in [0.2, 0.25) is 0 Å². The van der Waals surface area contributed by atoms with Gasteiger partial charge >= 0.3 is 0 Å². The molecule has 0 bridgehead atoms. The monoisotopic (exact) mass is 246 g/mol. The Morgan fingerprint density at radius 2 is 2.00 bits per heavy atom. The van der Waals surface area contributed by atoms with Crippen LogP contribution in [0.3, 0.4) is 0 Å².